The zero-order valence-electron chi connectivity index (χ0n) is 14.1. The van der Waals surface area contributed by atoms with Gasteiger partial charge in [-0.3, -0.25) is 4.98 Å². The smallest absolute Gasteiger partial charge is 0.192 e. The molecule has 1 aromatic rings. The zero-order chi connectivity index (χ0) is 16.3. The van der Waals surface area contributed by atoms with E-state index < -0.39 is 13.7 Å². The molecule has 0 spiro atoms. The van der Waals surface area contributed by atoms with Gasteiger partial charge in [0.25, 0.3) is 0 Å². The average molecular weight is 311 g/mol. The molecule has 0 saturated carbocycles. The third-order valence-corrected chi connectivity index (χ3v) is 9.09. The van der Waals surface area contributed by atoms with Gasteiger partial charge in [0.1, 0.15) is 0 Å². The van der Waals surface area contributed by atoms with E-state index in [-0.39, 0.29) is 18.3 Å². The van der Waals surface area contributed by atoms with E-state index in [4.69, 9.17) is 4.43 Å². The van der Waals surface area contributed by atoms with Crippen LogP contribution in [0.5, 0.6) is 0 Å². The molecule has 0 aliphatic carbocycles. The monoisotopic (exact) mass is 311 g/mol. The highest BCUT2D eigenvalue weighted by atomic mass is 28.4. The van der Waals surface area contributed by atoms with Crippen LogP contribution in [0, 0.1) is 0 Å². The van der Waals surface area contributed by atoms with E-state index in [2.05, 4.69) is 38.8 Å². The van der Waals surface area contributed by atoms with Crippen molar-refractivity contribution in [3.8, 4) is 0 Å². The minimum absolute atomic E-state index is 0.106. The summed E-state index contributed by atoms with van der Waals surface area (Å²) in [4.78, 5) is 4.40. The van der Waals surface area contributed by atoms with Crippen molar-refractivity contribution < 1.29 is 14.6 Å². The maximum absolute atomic E-state index is 9.40. The van der Waals surface area contributed by atoms with Crippen LogP contribution in [0.2, 0.25) is 18.1 Å². The fraction of sp³-hybridized carbons (Fsp3) is 0.688. The molecule has 21 heavy (non-hydrogen) atoms. The van der Waals surface area contributed by atoms with Gasteiger partial charge in [-0.1, -0.05) is 33.8 Å². The number of aromatic nitrogens is 1. The summed E-state index contributed by atoms with van der Waals surface area (Å²) in [6.07, 6.45) is 1.72. The van der Waals surface area contributed by atoms with Gasteiger partial charge in [0.2, 0.25) is 0 Å². The van der Waals surface area contributed by atoms with Gasteiger partial charge in [0, 0.05) is 11.6 Å². The summed E-state index contributed by atoms with van der Waals surface area (Å²) in [5.74, 6) is 0. The Morgan fingerprint density at radius 3 is 2.05 bits per heavy atom. The summed E-state index contributed by atoms with van der Waals surface area (Å²) >= 11 is 0. The molecule has 0 radical (unpaired) electrons. The lowest BCUT2D eigenvalue weighted by molar-refractivity contribution is 0.129. The van der Waals surface area contributed by atoms with Crippen molar-refractivity contribution in [2.24, 2.45) is 0 Å². The Balaban J connectivity index is 2.77. The summed E-state index contributed by atoms with van der Waals surface area (Å²) in [5, 5.41) is 19.0. The Morgan fingerprint density at radius 2 is 1.67 bits per heavy atom. The van der Waals surface area contributed by atoms with Crippen LogP contribution >= 0.6 is 0 Å². The summed E-state index contributed by atoms with van der Waals surface area (Å²) in [6, 6.07) is 3.82. The van der Waals surface area contributed by atoms with Crippen molar-refractivity contribution in [1.82, 2.24) is 4.98 Å². The van der Waals surface area contributed by atoms with Crippen LogP contribution in [0.15, 0.2) is 18.3 Å². The molecular weight excluding hydrogens is 282 g/mol. The molecule has 0 atom stereocenters. The zero-order valence-corrected chi connectivity index (χ0v) is 15.1. The number of aliphatic hydroxyl groups excluding tert-OH is 2. The minimum Gasteiger partial charge on any atom is -0.411 e. The lowest BCUT2D eigenvalue weighted by Gasteiger charge is -2.36. The second-order valence-corrected chi connectivity index (χ2v) is 12.3. The van der Waals surface area contributed by atoms with Crippen molar-refractivity contribution in [2.45, 2.75) is 57.8 Å². The van der Waals surface area contributed by atoms with Crippen LogP contribution in [0.1, 0.15) is 39.0 Å². The van der Waals surface area contributed by atoms with Crippen LogP contribution in [-0.4, -0.2) is 36.7 Å². The number of rotatable bonds is 6. The third-order valence-electron chi connectivity index (χ3n) is 4.61. The van der Waals surface area contributed by atoms with Crippen LogP contribution in [-0.2, 0) is 16.4 Å². The van der Waals surface area contributed by atoms with Gasteiger partial charge < -0.3 is 14.6 Å². The predicted molar refractivity (Wildman–Crippen MR) is 87.7 cm³/mol. The number of hydrogen-bond acceptors (Lipinski definition) is 4. The standard InChI is InChI=1S/C16H29NO3Si/c1-15(2,3)21(5,6)20-10-14-8-7-13(9-17-14)16(4,11-18)12-19/h7-9,18-19H,10-12H2,1-6H3. The van der Waals surface area contributed by atoms with Crippen LogP contribution in [0.25, 0.3) is 0 Å². The molecule has 0 unspecified atom stereocenters. The maximum Gasteiger partial charge on any atom is 0.192 e. The summed E-state index contributed by atoms with van der Waals surface area (Å²) in [5.41, 5.74) is 1.07. The molecule has 0 fully saturated rings. The number of pyridine rings is 1. The molecule has 0 amide bonds. The minimum atomic E-state index is -1.77. The molecule has 2 N–H and O–H groups in total. The molecule has 0 aromatic carbocycles. The maximum atomic E-state index is 9.40. The lowest BCUT2D eigenvalue weighted by atomic mass is 9.85. The Hall–Kier alpha value is -0.753. The third kappa shape index (κ3) is 4.36. The average Bonchev–Trinajstić information content (AvgIpc) is 2.43. The molecule has 1 heterocycles. The molecule has 0 aliphatic heterocycles. The molecule has 0 saturated heterocycles. The largest absolute Gasteiger partial charge is 0.411 e. The second-order valence-electron chi connectivity index (χ2n) is 7.46. The van der Waals surface area contributed by atoms with E-state index in [0.29, 0.717) is 6.61 Å². The molecule has 0 bridgehead atoms. The quantitative estimate of drug-likeness (QED) is 0.793. The molecule has 0 aliphatic rings. The summed E-state index contributed by atoms with van der Waals surface area (Å²) in [7, 11) is -1.77. The first kappa shape index (κ1) is 18.3. The predicted octanol–water partition coefficient (Wildman–Crippen LogP) is 2.85. The Morgan fingerprint density at radius 1 is 1.10 bits per heavy atom. The van der Waals surface area contributed by atoms with Crippen molar-refractivity contribution in [3.05, 3.63) is 29.6 Å². The van der Waals surface area contributed by atoms with Crippen LogP contribution < -0.4 is 0 Å². The van der Waals surface area contributed by atoms with Gasteiger partial charge in [-0.2, -0.15) is 0 Å². The highest BCUT2D eigenvalue weighted by molar-refractivity contribution is 6.74. The van der Waals surface area contributed by atoms with Gasteiger partial charge >= 0.3 is 0 Å². The van der Waals surface area contributed by atoms with E-state index in [9.17, 15) is 10.2 Å². The molecule has 1 rings (SSSR count). The highest BCUT2D eigenvalue weighted by Gasteiger charge is 2.37. The number of nitrogens with zero attached hydrogens (tertiary/aromatic N) is 1. The van der Waals surface area contributed by atoms with Crippen molar-refractivity contribution in [3.63, 3.8) is 0 Å². The first-order valence-corrected chi connectivity index (χ1v) is 10.3. The normalized spacial score (nSPS) is 13.5. The van der Waals surface area contributed by atoms with E-state index in [1.165, 1.54) is 0 Å². The van der Waals surface area contributed by atoms with Crippen molar-refractivity contribution >= 4 is 8.32 Å². The van der Waals surface area contributed by atoms with Crippen LogP contribution in [0.4, 0.5) is 0 Å². The highest BCUT2D eigenvalue weighted by Crippen LogP contribution is 2.37. The summed E-state index contributed by atoms with van der Waals surface area (Å²) in [6.45, 7) is 13.2. The molecule has 5 heteroatoms. The van der Waals surface area contributed by atoms with E-state index >= 15 is 0 Å². The second kappa shape index (κ2) is 6.56. The van der Waals surface area contributed by atoms with Gasteiger partial charge in [-0.05, 0) is 29.8 Å². The first-order chi connectivity index (χ1) is 9.55. The number of aliphatic hydroxyl groups is 2. The molecule has 1 aromatic heterocycles. The SMILES string of the molecule is CC(CO)(CO)c1ccc(CO[Si](C)(C)C(C)(C)C)nc1. The topological polar surface area (TPSA) is 62.6 Å². The van der Waals surface area contributed by atoms with E-state index in [1.54, 1.807) is 6.20 Å². The lowest BCUT2D eigenvalue weighted by Crippen LogP contribution is -2.40. The van der Waals surface area contributed by atoms with Gasteiger partial charge in [0.15, 0.2) is 8.32 Å². The van der Waals surface area contributed by atoms with Gasteiger partial charge in [-0.15, -0.1) is 0 Å². The molecule has 120 valence electrons. The molecular formula is C16H29NO3Si. The Kier molecular flexibility index (Phi) is 5.72. The fourth-order valence-electron chi connectivity index (χ4n) is 1.57. The fourth-order valence-corrected chi connectivity index (χ4v) is 2.51. The van der Waals surface area contributed by atoms with E-state index in [0.717, 1.165) is 11.3 Å². The first-order valence-electron chi connectivity index (χ1n) is 7.37. The molecule has 4 nitrogen and oxygen atoms in total. The van der Waals surface area contributed by atoms with Crippen molar-refractivity contribution in [2.75, 3.05) is 13.2 Å². The van der Waals surface area contributed by atoms with Crippen molar-refractivity contribution in [1.29, 1.82) is 0 Å². The summed E-state index contributed by atoms with van der Waals surface area (Å²) < 4.78 is 6.14. The Bertz CT molecular complexity index is 448. The Labute approximate surface area is 129 Å². The van der Waals surface area contributed by atoms with E-state index in [1.807, 2.05) is 19.1 Å². The van der Waals surface area contributed by atoms with Gasteiger partial charge in [-0.25, -0.2) is 0 Å². The van der Waals surface area contributed by atoms with Gasteiger partial charge in [0.05, 0.1) is 25.5 Å². The number of hydrogen-bond donors (Lipinski definition) is 2. The van der Waals surface area contributed by atoms with Crippen LogP contribution in [0.3, 0.4) is 0 Å².